The number of carbonyl (C=O) groups excluding carboxylic acids is 1. The average molecular weight is 302 g/mol. The van der Waals surface area contributed by atoms with Crippen molar-refractivity contribution in [1.29, 1.82) is 0 Å². The Bertz CT molecular complexity index is 746. The van der Waals surface area contributed by atoms with Crippen LogP contribution in [0.5, 0.6) is 0 Å². The largest absolute Gasteiger partial charge is 0.398 e. The molecule has 114 valence electrons. The number of carbonyl (C=O) groups is 1. The van der Waals surface area contributed by atoms with Gasteiger partial charge in [0.2, 0.25) is 0 Å². The second-order valence-electron chi connectivity index (χ2n) is 5.32. The van der Waals surface area contributed by atoms with Crippen molar-refractivity contribution in [3.05, 3.63) is 102 Å². The zero-order valence-electron chi connectivity index (χ0n) is 12.6. The summed E-state index contributed by atoms with van der Waals surface area (Å²) in [5, 5.41) is 3.09. The maximum Gasteiger partial charge on any atom is 0.254 e. The van der Waals surface area contributed by atoms with E-state index in [4.69, 9.17) is 5.73 Å². The fourth-order valence-corrected chi connectivity index (χ4v) is 2.56. The number of nitrogens with one attached hydrogen (secondary N) is 1. The molecule has 3 aromatic rings. The van der Waals surface area contributed by atoms with Crippen LogP contribution in [0.25, 0.3) is 0 Å². The molecule has 0 saturated carbocycles. The van der Waals surface area contributed by atoms with Gasteiger partial charge in [0.15, 0.2) is 0 Å². The van der Waals surface area contributed by atoms with Gasteiger partial charge in [0.1, 0.15) is 0 Å². The Hall–Kier alpha value is -3.07. The topological polar surface area (TPSA) is 55.1 Å². The Morgan fingerprint density at radius 3 is 1.74 bits per heavy atom. The van der Waals surface area contributed by atoms with Gasteiger partial charge in [-0.1, -0.05) is 72.8 Å². The fourth-order valence-electron chi connectivity index (χ4n) is 2.56. The first kappa shape index (κ1) is 14.9. The van der Waals surface area contributed by atoms with Gasteiger partial charge in [-0.05, 0) is 23.3 Å². The normalized spacial score (nSPS) is 10.5. The van der Waals surface area contributed by atoms with Gasteiger partial charge >= 0.3 is 0 Å². The minimum atomic E-state index is -0.218. The van der Waals surface area contributed by atoms with E-state index in [1.807, 2.05) is 72.8 Å². The van der Waals surface area contributed by atoms with E-state index in [0.717, 1.165) is 11.1 Å². The van der Waals surface area contributed by atoms with Crippen LogP contribution in [-0.4, -0.2) is 5.91 Å². The van der Waals surface area contributed by atoms with Crippen LogP contribution in [0.2, 0.25) is 0 Å². The first-order valence-corrected chi connectivity index (χ1v) is 7.51. The number of benzene rings is 3. The van der Waals surface area contributed by atoms with Gasteiger partial charge < -0.3 is 11.1 Å². The van der Waals surface area contributed by atoms with Gasteiger partial charge in [0.05, 0.1) is 11.6 Å². The van der Waals surface area contributed by atoms with Crippen LogP contribution in [0.4, 0.5) is 5.69 Å². The summed E-state index contributed by atoms with van der Waals surface area (Å²) in [6.45, 7) is 0. The van der Waals surface area contributed by atoms with Crippen molar-refractivity contribution in [1.82, 2.24) is 5.32 Å². The summed E-state index contributed by atoms with van der Waals surface area (Å²) in [4.78, 5) is 12.6. The molecule has 0 bridgehead atoms. The molecular weight excluding hydrogens is 284 g/mol. The van der Waals surface area contributed by atoms with E-state index < -0.39 is 0 Å². The van der Waals surface area contributed by atoms with Crippen LogP contribution in [0.3, 0.4) is 0 Å². The van der Waals surface area contributed by atoms with Gasteiger partial charge in [-0.25, -0.2) is 0 Å². The zero-order chi connectivity index (χ0) is 16.1. The Morgan fingerprint density at radius 1 is 0.739 bits per heavy atom. The van der Waals surface area contributed by atoms with Crippen LogP contribution in [-0.2, 0) is 0 Å². The highest BCUT2D eigenvalue weighted by molar-refractivity contribution is 5.99. The van der Waals surface area contributed by atoms with E-state index in [9.17, 15) is 4.79 Å². The Morgan fingerprint density at radius 2 is 1.22 bits per heavy atom. The SMILES string of the molecule is Nc1ccccc1C(=O)NC(c1ccccc1)c1ccccc1. The van der Waals surface area contributed by atoms with Crippen molar-refractivity contribution >= 4 is 11.6 Å². The first-order valence-electron chi connectivity index (χ1n) is 7.51. The van der Waals surface area contributed by atoms with Gasteiger partial charge in [-0.3, -0.25) is 4.79 Å². The molecule has 0 spiro atoms. The van der Waals surface area contributed by atoms with Crippen molar-refractivity contribution in [2.45, 2.75) is 6.04 Å². The minimum Gasteiger partial charge on any atom is -0.398 e. The average Bonchev–Trinajstić information content (AvgIpc) is 2.61. The predicted molar refractivity (Wildman–Crippen MR) is 93.0 cm³/mol. The van der Waals surface area contributed by atoms with Crippen molar-refractivity contribution in [2.24, 2.45) is 0 Å². The molecule has 0 unspecified atom stereocenters. The monoisotopic (exact) mass is 302 g/mol. The molecule has 0 saturated heterocycles. The third kappa shape index (κ3) is 3.40. The predicted octanol–water partition coefficient (Wildman–Crippen LogP) is 3.79. The lowest BCUT2D eigenvalue weighted by molar-refractivity contribution is 0.0944. The molecule has 3 N–H and O–H groups in total. The van der Waals surface area contributed by atoms with E-state index in [0.29, 0.717) is 11.3 Å². The lowest BCUT2D eigenvalue weighted by atomic mass is 9.98. The molecule has 0 aliphatic carbocycles. The number of hydrogen-bond acceptors (Lipinski definition) is 2. The Labute approximate surface area is 135 Å². The summed E-state index contributed by atoms with van der Waals surface area (Å²) < 4.78 is 0. The van der Waals surface area contributed by atoms with Crippen LogP contribution in [0.15, 0.2) is 84.9 Å². The van der Waals surface area contributed by atoms with Crippen molar-refractivity contribution in [2.75, 3.05) is 5.73 Å². The van der Waals surface area contributed by atoms with E-state index in [-0.39, 0.29) is 11.9 Å². The number of nitrogens with two attached hydrogens (primary N) is 1. The summed E-state index contributed by atoms with van der Waals surface area (Å²) in [5.74, 6) is -0.180. The number of hydrogen-bond donors (Lipinski definition) is 2. The third-order valence-corrected chi connectivity index (χ3v) is 3.75. The van der Waals surface area contributed by atoms with Crippen LogP contribution >= 0.6 is 0 Å². The van der Waals surface area contributed by atoms with Gasteiger partial charge in [0.25, 0.3) is 5.91 Å². The highest BCUT2D eigenvalue weighted by Gasteiger charge is 2.18. The number of anilines is 1. The molecular formula is C20H18N2O. The van der Waals surface area contributed by atoms with Gasteiger partial charge in [-0.2, -0.15) is 0 Å². The molecule has 23 heavy (non-hydrogen) atoms. The summed E-state index contributed by atoms with van der Waals surface area (Å²) in [5.41, 5.74) is 8.94. The molecule has 0 aliphatic rings. The standard InChI is InChI=1S/C20H18N2O/c21-18-14-8-7-13-17(18)20(23)22-19(15-9-3-1-4-10-15)16-11-5-2-6-12-16/h1-14,19H,21H2,(H,22,23). The van der Waals surface area contributed by atoms with Crippen LogP contribution in [0, 0.1) is 0 Å². The molecule has 0 atom stereocenters. The van der Waals surface area contributed by atoms with Crippen LogP contribution in [0.1, 0.15) is 27.5 Å². The Kier molecular flexibility index (Phi) is 4.39. The van der Waals surface area contributed by atoms with Crippen molar-refractivity contribution in [3.63, 3.8) is 0 Å². The maximum absolute atomic E-state index is 12.6. The third-order valence-electron chi connectivity index (χ3n) is 3.75. The molecule has 1 amide bonds. The minimum absolute atomic E-state index is 0.180. The van der Waals surface area contributed by atoms with E-state index >= 15 is 0 Å². The highest BCUT2D eigenvalue weighted by Crippen LogP contribution is 2.23. The second-order valence-corrected chi connectivity index (χ2v) is 5.32. The molecule has 3 nitrogen and oxygen atoms in total. The van der Waals surface area contributed by atoms with Crippen molar-refractivity contribution in [3.8, 4) is 0 Å². The molecule has 3 rings (SSSR count). The smallest absolute Gasteiger partial charge is 0.254 e. The summed E-state index contributed by atoms with van der Waals surface area (Å²) in [6, 6.07) is 26.7. The number of para-hydroxylation sites is 1. The molecule has 3 aromatic carbocycles. The maximum atomic E-state index is 12.6. The highest BCUT2D eigenvalue weighted by atomic mass is 16.1. The van der Waals surface area contributed by atoms with E-state index in [2.05, 4.69) is 5.32 Å². The lowest BCUT2D eigenvalue weighted by Crippen LogP contribution is -2.29. The molecule has 0 aliphatic heterocycles. The Balaban J connectivity index is 1.94. The van der Waals surface area contributed by atoms with Crippen molar-refractivity contribution < 1.29 is 4.79 Å². The lowest BCUT2D eigenvalue weighted by Gasteiger charge is -2.20. The second kappa shape index (κ2) is 6.79. The van der Waals surface area contributed by atoms with Crippen LogP contribution < -0.4 is 11.1 Å². The molecule has 0 aromatic heterocycles. The summed E-state index contributed by atoms with van der Waals surface area (Å²) >= 11 is 0. The van der Waals surface area contributed by atoms with E-state index in [1.54, 1.807) is 12.1 Å². The zero-order valence-corrected chi connectivity index (χ0v) is 12.6. The van der Waals surface area contributed by atoms with E-state index in [1.165, 1.54) is 0 Å². The summed E-state index contributed by atoms with van der Waals surface area (Å²) in [7, 11) is 0. The van der Waals surface area contributed by atoms with Gasteiger partial charge in [0, 0.05) is 5.69 Å². The fraction of sp³-hybridized carbons (Fsp3) is 0.0500. The number of amides is 1. The first-order chi connectivity index (χ1) is 11.3. The van der Waals surface area contributed by atoms with Gasteiger partial charge in [-0.15, -0.1) is 0 Å². The summed E-state index contributed by atoms with van der Waals surface area (Å²) in [6.07, 6.45) is 0. The molecule has 3 heteroatoms. The number of nitrogen functional groups attached to an aromatic ring is 1. The number of rotatable bonds is 4. The molecule has 0 heterocycles. The molecule has 0 radical (unpaired) electrons. The molecule has 0 fully saturated rings. The quantitative estimate of drug-likeness (QED) is 0.720.